The summed E-state index contributed by atoms with van der Waals surface area (Å²) in [7, 11) is 1.95. The van der Waals surface area contributed by atoms with Crippen molar-refractivity contribution in [3.8, 4) is 0 Å². The summed E-state index contributed by atoms with van der Waals surface area (Å²) in [5.41, 5.74) is 5.93. The van der Waals surface area contributed by atoms with Gasteiger partial charge in [-0.2, -0.15) is 0 Å². The van der Waals surface area contributed by atoms with Gasteiger partial charge in [-0.05, 0) is 26.7 Å². The third kappa shape index (κ3) is 3.85. The lowest BCUT2D eigenvalue weighted by Crippen LogP contribution is -2.39. The van der Waals surface area contributed by atoms with Gasteiger partial charge in [0, 0.05) is 26.2 Å². The number of carbonyl (C=O) groups is 1. The molecule has 2 N–H and O–H groups in total. The van der Waals surface area contributed by atoms with Crippen molar-refractivity contribution < 1.29 is 4.79 Å². The third-order valence-corrected chi connectivity index (χ3v) is 4.26. The van der Waals surface area contributed by atoms with E-state index < -0.39 is 0 Å². The van der Waals surface area contributed by atoms with Crippen molar-refractivity contribution in [3.05, 3.63) is 4.88 Å². The number of amides is 1. The Morgan fingerprint density at radius 2 is 1.95 bits per heavy atom. The second-order valence-electron chi connectivity index (χ2n) is 5.67. The molecule has 5 nitrogen and oxygen atoms in total. The number of hydrogen-bond donors (Lipinski definition) is 1. The maximum Gasteiger partial charge on any atom is 0.268 e. The van der Waals surface area contributed by atoms with Crippen LogP contribution in [0.4, 0.5) is 10.9 Å². The molecule has 1 aromatic rings. The zero-order valence-electron chi connectivity index (χ0n) is 13.3. The van der Waals surface area contributed by atoms with Crippen LogP contribution in [-0.2, 0) is 0 Å². The van der Waals surface area contributed by atoms with Crippen molar-refractivity contribution in [2.45, 2.75) is 40.7 Å². The summed E-state index contributed by atoms with van der Waals surface area (Å²) in [5.74, 6) is 0.748. The van der Waals surface area contributed by atoms with Gasteiger partial charge < -0.3 is 15.5 Å². The Labute approximate surface area is 125 Å². The molecule has 1 rings (SSSR count). The fourth-order valence-corrected chi connectivity index (χ4v) is 2.79. The first-order valence-electron chi connectivity index (χ1n) is 7.06. The van der Waals surface area contributed by atoms with E-state index in [2.05, 4.69) is 18.8 Å². The molecule has 0 aromatic carbocycles. The van der Waals surface area contributed by atoms with Crippen molar-refractivity contribution >= 4 is 28.2 Å². The van der Waals surface area contributed by atoms with Crippen molar-refractivity contribution in [3.63, 3.8) is 0 Å². The number of hydrogen-bond acceptors (Lipinski definition) is 5. The van der Waals surface area contributed by atoms with E-state index >= 15 is 0 Å². The van der Waals surface area contributed by atoms with Gasteiger partial charge in [-0.25, -0.2) is 4.98 Å². The van der Waals surface area contributed by atoms with Crippen LogP contribution in [0.15, 0.2) is 0 Å². The van der Waals surface area contributed by atoms with E-state index in [4.69, 9.17) is 5.73 Å². The molecule has 1 heterocycles. The van der Waals surface area contributed by atoms with E-state index in [0.717, 1.165) is 18.2 Å². The molecule has 1 amide bonds. The number of nitrogens with zero attached hydrogens (tertiary/aromatic N) is 3. The highest BCUT2D eigenvalue weighted by Gasteiger charge is 2.25. The summed E-state index contributed by atoms with van der Waals surface area (Å²) in [6, 6.07) is 0.152. The number of anilines is 2. The highest BCUT2D eigenvalue weighted by molar-refractivity contribution is 7.18. The summed E-state index contributed by atoms with van der Waals surface area (Å²) in [6.07, 6.45) is 0. The van der Waals surface area contributed by atoms with Crippen molar-refractivity contribution in [2.24, 2.45) is 5.92 Å². The van der Waals surface area contributed by atoms with Gasteiger partial charge in [0.2, 0.25) is 0 Å². The molecular formula is C14H26N4OS. The van der Waals surface area contributed by atoms with E-state index in [-0.39, 0.29) is 11.9 Å². The fraction of sp³-hybridized carbons (Fsp3) is 0.714. The van der Waals surface area contributed by atoms with E-state index in [1.807, 2.05) is 37.6 Å². The van der Waals surface area contributed by atoms with Crippen molar-refractivity contribution in [1.29, 1.82) is 0 Å². The fourth-order valence-electron chi connectivity index (χ4n) is 1.82. The molecule has 0 fully saturated rings. The minimum Gasteiger partial charge on any atom is -0.382 e. The molecule has 0 atom stereocenters. The Morgan fingerprint density at radius 3 is 2.40 bits per heavy atom. The second kappa shape index (κ2) is 6.92. The molecule has 0 saturated carbocycles. The van der Waals surface area contributed by atoms with Gasteiger partial charge in [-0.15, -0.1) is 0 Å². The smallest absolute Gasteiger partial charge is 0.268 e. The van der Waals surface area contributed by atoms with Gasteiger partial charge >= 0.3 is 0 Å². The highest BCUT2D eigenvalue weighted by Crippen LogP contribution is 2.29. The largest absolute Gasteiger partial charge is 0.382 e. The molecule has 114 valence electrons. The van der Waals surface area contributed by atoms with Gasteiger partial charge in [0.25, 0.3) is 5.91 Å². The van der Waals surface area contributed by atoms with Crippen LogP contribution in [0.1, 0.15) is 44.3 Å². The molecule has 0 bridgehead atoms. The van der Waals surface area contributed by atoms with Gasteiger partial charge in [0.05, 0.1) is 0 Å². The molecule has 20 heavy (non-hydrogen) atoms. The first kappa shape index (κ1) is 16.8. The minimum absolute atomic E-state index is 0.0144. The van der Waals surface area contributed by atoms with Crippen LogP contribution in [-0.4, -0.2) is 42.0 Å². The lowest BCUT2D eigenvalue weighted by molar-refractivity contribution is 0.0688. The minimum atomic E-state index is -0.0144. The van der Waals surface area contributed by atoms with Gasteiger partial charge in [-0.3, -0.25) is 4.79 Å². The molecule has 0 spiro atoms. The Hall–Kier alpha value is -1.30. The second-order valence-corrected chi connectivity index (χ2v) is 6.65. The molecule has 0 unspecified atom stereocenters. The highest BCUT2D eigenvalue weighted by atomic mass is 32.1. The summed E-state index contributed by atoms with van der Waals surface area (Å²) in [4.78, 5) is 21.4. The lowest BCUT2D eigenvalue weighted by atomic mass is 10.1. The number of aromatic nitrogens is 1. The number of rotatable bonds is 6. The first-order chi connectivity index (χ1) is 9.27. The Bertz CT molecular complexity index is 456. The van der Waals surface area contributed by atoms with Crippen LogP contribution in [0.2, 0.25) is 0 Å². The van der Waals surface area contributed by atoms with Crippen LogP contribution in [0.3, 0.4) is 0 Å². The van der Waals surface area contributed by atoms with Crippen molar-refractivity contribution in [1.82, 2.24) is 9.88 Å². The van der Waals surface area contributed by atoms with E-state index in [1.54, 1.807) is 0 Å². The van der Waals surface area contributed by atoms with E-state index in [1.165, 1.54) is 11.3 Å². The predicted octanol–water partition coefficient (Wildman–Crippen LogP) is 2.69. The SMILES string of the molecule is CCN(C)c1nc(N)c(C(=O)N(CC(C)C)C(C)C)s1. The molecule has 0 aliphatic heterocycles. The average molecular weight is 298 g/mol. The number of nitrogens with two attached hydrogens (primary N) is 1. The van der Waals surface area contributed by atoms with Crippen LogP contribution < -0.4 is 10.6 Å². The van der Waals surface area contributed by atoms with Gasteiger partial charge in [0.1, 0.15) is 10.7 Å². The molecule has 6 heteroatoms. The Morgan fingerprint density at radius 1 is 1.35 bits per heavy atom. The zero-order valence-corrected chi connectivity index (χ0v) is 14.1. The maximum absolute atomic E-state index is 12.7. The number of nitrogen functional groups attached to an aromatic ring is 1. The quantitative estimate of drug-likeness (QED) is 0.877. The monoisotopic (exact) mass is 298 g/mol. The van der Waals surface area contributed by atoms with Crippen molar-refractivity contribution in [2.75, 3.05) is 30.8 Å². The molecule has 0 aliphatic rings. The molecule has 0 aliphatic carbocycles. The maximum atomic E-state index is 12.7. The molecule has 0 saturated heterocycles. The third-order valence-electron chi connectivity index (χ3n) is 3.08. The Kier molecular flexibility index (Phi) is 5.80. The van der Waals surface area contributed by atoms with E-state index in [0.29, 0.717) is 16.6 Å². The standard InChI is InChI=1S/C14H26N4OS/c1-7-17(6)14-16-12(15)11(20-14)13(19)18(10(4)5)8-9(2)3/h9-10H,7-8,15H2,1-6H3. The van der Waals surface area contributed by atoms with Crippen LogP contribution in [0.25, 0.3) is 0 Å². The number of thiazole rings is 1. The molecule has 0 radical (unpaired) electrons. The van der Waals surface area contributed by atoms with Crippen LogP contribution in [0, 0.1) is 5.92 Å². The predicted molar refractivity (Wildman–Crippen MR) is 86.5 cm³/mol. The summed E-state index contributed by atoms with van der Waals surface area (Å²) >= 11 is 1.37. The topological polar surface area (TPSA) is 62.5 Å². The number of carbonyl (C=O) groups excluding carboxylic acids is 1. The summed E-state index contributed by atoms with van der Waals surface area (Å²) < 4.78 is 0. The summed E-state index contributed by atoms with van der Waals surface area (Å²) in [6.45, 7) is 11.9. The van der Waals surface area contributed by atoms with Crippen LogP contribution >= 0.6 is 11.3 Å². The average Bonchev–Trinajstić information content (AvgIpc) is 2.75. The Balaban J connectivity index is 3.03. The normalized spacial score (nSPS) is 11.2. The first-order valence-corrected chi connectivity index (χ1v) is 7.87. The molecular weight excluding hydrogens is 272 g/mol. The molecule has 1 aromatic heterocycles. The zero-order chi connectivity index (χ0) is 15.4. The van der Waals surface area contributed by atoms with Gasteiger partial charge in [0.15, 0.2) is 5.13 Å². The van der Waals surface area contributed by atoms with E-state index in [9.17, 15) is 4.79 Å². The van der Waals surface area contributed by atoms with Crippen LogP contribution in [0.5, 0.6) is 0 Å². The lowest BCUT2D eigenvalue weighted by Gasteiger charge is -2.28. The van der Waals surface area contributed by atoms with Gasteiger partial charge in [-0.1, -0.05) is 25.2 Å². The summed E-state index contributed by atoms with van der Waals surface area (Å²) in [5, 5.41) is 0.793.